The van der Waals surface area contributed by atoms with E-state index in [0.29, 0.717) is 16.5 Å². The SMILES string of the molecule is CCC(C)N1C(=O)CC(Nc2ccc(Cl)c(OC)c2)C1=O. The van der Waals surface area contributed by atoms with E-state index in [-0.39, 0.29) is 24.3 Å². The van der Waals surface area contributed by atoms with E-state index in [1.165, 1.54) is 12.0 Å². The van der Waals surface area contributed by atoms with Gasteiger partial charge in [-0.2, -0.15) is 0 Å². The molecule has 1 N–H and O–H groups in total. The summed E-state index contributed by atoms with van der Waals surface area (Å²) in [6.45, 7) is 3.83. The summed E-state index contributed by atoms with van der Waals surface area (Å²) in [6.07, 6.45) is 0.924. The maximum Gasteiger partial charge on any atom is 0.252 e. The number of benzene rings is 1. The smallest absolute Gasteiger partial charge is 0.252 e. The molecule has 0 saturated carbocycles. The minimum atomic E-state index is -0.530. The van der Waals surface area contributed by atoms with Crippen LogP contribution in [0.15, 0.2) is 18.2 Å². The molecule has 1 aromatic carbocycles. The molecular weight excluding hydrogens is 292 g/mol. The van der Waals surface area contributed by atoms with Crippen molar-refractivity contribution < 1.29 is 14.3 Å². The molecule has 2 rings (SSSR count). The second-order valence-electron chi connectivity index (χ2n) is 5.11. The van der Waals surface area contributed by atoms with Crippen molar-refractivity contribution in [1.82, 2.24) is 4.90 Å². The largest absolute Gasteiger partial charge is 0.495 e. The quantitative estimate of drug-likeness (QED) is 0.850. The summed E-state index contributed by atoms with van der Waals surface area (Å²) in [7, 11) is 1.53. The molecule has 1 aromatic rings. The van der Waals surface area contributed by atoms with E-state index < -0.39 is 6.04 Å². The molecule has 0 bridgehead atoms. The lowest BCUT2D eigenvalue weighted by atomic mass is 10.2. The van der Waals surface area contributed by atoms with Crippen LogP contribution in [0.3, 0.4) is 0 Å². The third-order valence-electron chi connectivity index (χ3n) is 3.71. The van der Waals surface area contributed by atoms with Crippen molar-refractivity contribution in [2.45, 2.75) is 38.8 Å². The number of ether oxygens (including phenoxy) is 1. The highest BCUT2D eigenvalue weighted by Crippen LogP contribution is 2.29. The van der Waals surface area contributed by atoms with E-state index in [0.717, 1.165) is 6.42 Å². The Bertz CT molecular complexity index is 562. The third kappa shape index (κ3) is 3.13. The molecule has 0 spiro atoms. The number of likely N-dealkylation sites (tertiary alicyclic amines) is 1. The summed E-state index contributed by atoms with van der Waals surface area (Å²) >= 11 is 5.97. The highest BCUT2D eigenvalue weighted by molar-refractivity contribution is 6.32. The number of methoxy groups -OCH3 is 1. The van der Waals surface area contributed by atoms with Crippen molar-refractivity contribution in [2.24, 2.45) is 0 Å². The predicted molar refractivity (Wildman–Crippen MR) is 81.6 cm³/mol. The molecule has 1 aliphatic heterocycles. The molecule has 1 heterocycles. The molecule has 0 aromatic heterocycles. The Kier molecular flexibility index (Phi) is 4.73. The Morgan fingerprint density at radius 3 is 2.81 bits per heavy atom. The van der Waals surface area contributed by atoms with Crippen molar-refractivity contribution in [3.8, 4) is 5.75 Å². The zero-order valence-electron chi connectivity index (χ0n) is 12.4. The zero-order valence-corrected chi connectivity index (χ0v) is 13.1. The topological polar surface area (TPSA) is 58.6 Å². The number of carbonyl (C=O) groups excluding carboxylic acids is 2. The lowest BCUT2D eigenvalue weighted by Gasteiger charge is -2.22. The van der Waals surface area contributed by atoms with Gasteiger partial charge in [0.2, 0.25) is 5.91 Å². The molecule has 2 unspecified atom stereocenters. The number of nitrogens with one attached hydrogen (secondary N) is 1. The molecular formula is C15H19ClN2O3. The summed E-state index contributed by atoms with van der Waals surface area (Å²) < 4.78 is 5.14. The van der Waals surface area contributed by atoms with E-state index in [1.54, 1.807) is 18.2 Å². The maximum absolute atomic E-state index is 12.3. The highest BCUT2D eigenvalue weighted by Gasteiger charge is 2.40. The van der Waals surface area contributed by atoms with E-state index in [2.05, 4.69) is 5.32 Å². The molecule has 0 aliphatic carbocycles. The van der Waals surface area contributed by atoms with Crippen LogP contribution < -0.4 is 10.1 Å². The average molecular weight is 311 g/mol. The van der Waals surface area contributed by atoms with Gasteiger partial charge in [-0.1, -0.05) is 18.5 Å². The van der Waals surface area contributed by atoms with E-state index >= 15 is 0 Å². The number of anilines is 1. The van der Waals surface area contributed by atoms with Gasteiger partial charge < -0.3 is 10.1 Å². The van der Waals surface area contributed by atoms with Gasteiger partial charge in [0.05, 0.1) is 18.6 Å². The number of carbonyl (C=O) groups is 2. The first kappa shape index (κ1) is 15.6. The number of hydrogen-bond acceptors (Lipinski definition) is 4. The first-order valence-corrected chi connectivity index (χ1v) is 7.31. The lowest BCUT2D eigenvalue weighted by molar-refractivity contribution is -0.140. The summed E-state index contributed by atoms with van der Waals surface area (Å²) in [4.78, 5) is 25.7. The van der Waals surface area contributed by atoms with Crippen LogP contribution >= 0.6 is 11.6 Å². The highest BCUT2D eigenvalue weighted by atomic mass is 35.5. The van der Waals surface area contributed by atoms with Gasteiger partial charge in [-0.15, -0.1) is 0 Å². The van der Waals surface area contributed by atoms with Crippen LogP contribution in [0.4, 0.5) is 5.69 Å². The van der Waals surface area contributed by atoms with Crippen molar-refractivity contribution in [3.63, 3.8) is 0 Å². The lowest BCUT2D eigenvalue weighted by Crippen LogP contribution is -2.40. The van der Waals surface area contributed by atoms with Crippen LogP contribution in [-0.2, 0) is 9.59 Å². The van der Waals surface area contributed by atoms with Crippen molar-refractivity contribution >= 4 is 29.1 Å². The van der Waals surface area contributed by atoms with Gasteiger partial charge in [0.1, 0.15) is 11.8 Å². The fourth-order valence-corrected chi connectivity index (χ4v) is 2.55. The summed E-state index contributed by atoms with van der Waals surface area (Å²) in [5, 5.41) is 3.58. The fraction of sp³-hybridized carbons (Fsp3) is 0.467. The minimum Gasteiger partial charge on any atom is -0.495 e. The van der Waals surface area contributed by atoms with Crippen LogP contribution in [-0.4, -0.2) is 35.9 Å². The number of hydrogen-bond donors (Lipinski definition) is 1. The molecule has 1 aliphatic rings. The molecule has 6 heteroatoms. The average Bonchev–Trinajstić information content (AvgIpc) is 2.74. The third-order valence-corrected chi connectivity index (χ3v) is 4.02. The van der Waals surface area contributed by atoms with Crippen molar-refractivity contribution in [2.75, 3.05) is 12.4 Å². The van der Waals surface area contributed by atoms with Crippen LogP contribution in [0.25, 0.3) is 0 Å². The van der Waals surface area contributed by atoms with Crippen LogP contribution in [0.1, 0.15) is 26.7 Å². The molecule has 1 saturated heterocycles. The van der Waals surface area contributed by atoms with Crippen LogP contribution in [0.5, 0.6) is 5.75 Å². The Hall–Kier alpha value is -1.75. The number of amides is 2. The first-order chi connectivity index (χ1) is 9.97. The van der Waals surface area contributed by atoms with E-state index in [9.17, 15) is 9.59 Å². The Labute approximate surface area is 129 Å². The monoisotopic (exact) mass is 310 g/mol. The Balaban J connectivity index is 2.14. The van der Waals surface area contributed by atoms with Gasteiger partial charge in [-0.05, 0) is 25.5 Å². The number of nitrogens with zero attached hydrogens (tertiary/aromatic N) is 1. The van der Waals surface area contributed by atoms with Gasteiger partial charge in [-0.25, -0.2) is 0 Å². The fourth-order valence-electron chi connectivity index (χ4n) is 2.36. The second-order valence-corrected chi connectivity index (χ2v) is 5.52. The second kappa shape index (κ2) is 6.35. The predicted octanol–water partition coefficient (Wildman–Crippen LogP) is 2.69. The normalized spacial score (nSPS) is 19.8. The molecule has 2 amide bonds. The van der Waals surface area contributed by atoms with Gasteiger partial charge in [0.25, 0.3) is 5.91 Å². The Morgan fingerprint density at radius 1 is 1.48 bits per heavy atom. The number of imide groups is 1. The molecule has 2 atom stereocenters. The molecule has 114 valence electrons. The summed E-state index contributed by atoms with van der Waals surface area (Å²) in [5.74, 6) is 0.216. The zero-order chi connectivity index (χ0) is 15.6. The maximum atomic E-state index is 12.3. The van der Waals surface area contributed by atoms with Gasteiger partial charge in [-0.3, -0.25) is 14.5 Å². The van der Waals surface area contributed by atoms with Crippen molar-refractivity contribution in [3.05, 3.63) is 23.2 Å². The molecule has 1 fully saturated rings. The summed E-state index contributed by atoms with van der Waals surface area (Å²) in [6, 6.07) is 4.56. The van der Waals surface area contributed by atoms with Gasteiger partial charge >= 0.3 is 0 Å². The van der Waals surface area contributed by atoms with E-state index in [4.69, 9.17) is 16.3 Å². The first-order valence-electron chi connectivity index (χ1n) is 6.93. The summed E-state index contributed by atoms with van der Waals surface area (Å²) in [5.41, 5.74) is 0.702. The standard InChI is InChI=1S/C15H19ClN2O3/c1-4-9(2)18-14(19)8-12(15(18)20)17-10-5-6-11(16)13(7-10)21-3/h5-7,9,12,17H,4,8H2,1-3H3. The van der Waals surface area contributed by atoms with E-state index in [1.807, 2.05) is 13.8 Å². The van der Waals surface area contributed by atoms with Gasteiger partial charge in [0, 0.05) is 17.8 Å². The molecule has 21 heavy (non-hydrogen) atoms. The molecule has 0 radical (unpaired) electrons. The number of halogens is 1. The van der Waals surface area contributed by atoms with Crippen LogP contribution in [0.2, 0.25) is 5.02 Å². The Morgan fingerprint density at radius 2 is 2.19 bits per heavy atom. The number of rotatable bonds is 5. The van der Waals surface area contributed by atoms with Gasteiger partial charge in [0.15, 0.2) is 0 Å². The van der Waals surface area contributed by atoms with Crippen molar-refractivity contribution in [1.29, 1.82) is 0 Å². The van der Waals surface area contributed by atoms with Crippen LogP contribution in [0, 0.1) is 0 Å². The molecule has 5 nitrogen and oxygen atoms in total. The minimum absolute atomic E-state index is 0.0726.